The van der Waals surface area contributed by atoms with Crippen molar-refractivity contribution in [2.24, 2.45) is 0 Å². The average molecular weight is 229 g/mol. The lowest BCUT2D eigenvalue weighted by atomic mass is 9.80. The van der Waals surface area contributed by atoms with E-state index in [-0.39, 0.29) is 5.41 Å². The summed E-state index contributed by atoms with van der Waals surface area (Å²) in [6.07, 6.45) is 4.21. The standard InChI is InChI=1S/C14H19N3/c1-17(2)13-6-5-11(9-12(13)16)14(10-15)7-3-4-8-14/h5-6,9H,3-4,7-8,16H2,1-2H3. The molecular formula is C14H19N3. The highest BCUT2D eigenvalue weighted by molar-refractivity contribution is 5.68. The number of nitriles is 1. The van der Waals surface area contributed by atoms with Gasteiger partial charge < -0.3 is 10.6 Å². The molecule has 90 valence electrons. The molecule has 0 saturated heterocycles. The van der Waals surface area contributed by atoms with Gasteiger partial charge in [-0.1, -0.05) is 18.9 Å². The van der Waals surface area contributed by atoms with Gasteiger partial charge in [0.05, 0.1) is 22.9 Å². The molecule has 0 heterocycles. The molecule has 3 heteroatoms. The van der Waals surface area contributed by atoms with Gasteiger partial charge in [0.25, 0.3) is 0 Å². The van der Waals surface area contributed by atoms with Crippen LogP contribution < -0.4 is 10.6 Å². The Labute approximate surface area is 103 Å². The smallest absolute Gasteiger partial charge is 0.0823 e. The van der Waals surface area contributed by atoms with Crippen molar-refractivity contribution >= 4 is 11.4 Å². The number of rotatable bonds is 2. The molecule has 0 aliphatic heterocycles. The van der Waals surface area contributed by atoms with E-state index in [1.165, 1.54) is 0 Å². The van der Waals surface area contributed by atoms with Gasteiger partial charge in [0.2, 0.25) is 0 Å². The lowest BCUT2D eigenvalue weighted by Gasteiger charge is -2.23. The molecule has 1 saturated carbocycles. The summed E-state index contributed by atoms with van der Waals surface area (Å²) in [4.78, 5) is 1.99. The minimum atomic E-state index is -0.293. The molecule has 17 heavy (non-hydrogen) atoms. The maximum atomic E-state index is 9.44. The van der Waals surface area contributed by atoms with Crippen LogP contribution in [-0.4, -0.2) is 14.1 Å². The number of nitrogens with two attached hydrogens (primary N) is 1. The SMILES string of the molecule is CN(C)c1ccc(C2(C#N)CCCC2)cc1N. The molecule has 0 bridgehead atoms. The summed E-state index contributed by atoms with van der Waals surface area (Å²) in [6, 6.07) is 8.55. The summed E-state index contributed by atoms with van der Waals surface area (Å²) >= 11 is 0. The van der Waals surface area contributed by atoms with Crippen LogP contribution in [-0.2, 0) is 5.41 Å². The molecule has 1 aliphatic rings. The second-order valence-electron chi connectivity index (χ2n) is 5.07. The van der Waals surface area contributed by atoms with Crippen LogP contribution in [0.1, 0.15) is 31.2 Å². The highest BCUT2D eigenvalue weighted by Crippen LogP contribution is 2.42. The molecule has 1 aromatic rings. The Bertz CT molecular complexity index is 451. The van der Waals surface area contributed by atoms with E-state index in [4.69, 9.17) is 5.73 Å². The lowest BCUT2D eigenvalue weighted by molar-refractivity contribution is 0.573. The average Bonchev–Trinajstić information content (AvgIpc) is 2.78. The quantitative estimate of drug-likeness (QED) is 0.793. The third-order valence-corrected chi connectivity index (χ3v) is 3.73. The Morgan fingerprint density at radius 3 is 2.41 bits per heavy atom. The number of benzene rings is 1. The zero-order chi connectivity index (χ0) is 12.5. The van der Waals surface area contributed by atoms with Crippen LogP contribution >= 0.6 is 0 Å². The number of hydrogen-bond donors (Lipinski definition) is 1. The normalized spacial score (nSPS) is 17.7. The minimum absolute atomic E-state index is 0.293. The first-order valence-corrected chi connectivity index (χ1v) is 6.08. The Morgan fingerprint density at radius 2 is 1.94 bits per heavy atom. The molecule has 0 unspecified atom stereocenters. The van der Waals surface area contributed by atoms with Gasteiger partial charge in [0.15, 0.2) is 0 Å². The molecular weight excluding hydrogens is 210 g/mol. The zero-order valence-electron chi connectivity index (χ0n) is 10.5. The fraction of sp³-hybridized carbons (Fsp3) is 0.500. The molecule has 2 rings (SSSR count). The van der Waals surface area contributed by atoms with Gasteiger partial charge >= 0.3 is 0 Å². The van der Waals surface area contributed by atoms with Crippen molar-refractivity contribution in [1.82, 2.24) is 0 Å². The Kier molecular flexibility index (Phi) is 2.97. The van der Waals surface area contributed by atoms with Crippen LogP contribution in [0.2, 0.25) is 0 Å². The zero-order valence-corrected chi connectivity index (χ0v) is 10.5. The van der Waals surface area contributed by atoms with E-state index in [1.807, 2.05) is 31.1 Å². The van der Waals surface area contributed by atoms with Crippen LogP contribution in [0.15, 0.2) is 18.2 Å². The Balaban J connectivity index is 2.41. The van der Waals surface area contributed by atoms with Gasteiger partial charge in [-0.05, 0) is 30.5 Å². The minimum Gasteiger partial charge on any atom is -0.397 e. The first-order chi connectivity index (χ1) is 8.09. The van der Waals surface area contributed by atoms with Crippen molar-refractivity contribution in [2.75, 3.05) is 24.7 Å². The van der Waals surface area contributed by atoms with Crippen molar-refractivity contribution in [1.29, 1.82) is 5.26 Å². The van der Waals surface area contributed by atoms with Gasteiger partial charge in [0.1, 0.15) is 0 Å². The maximum absolute atomic E-state index is 9.44. The van der Waals surface area contributed by atoms with Gasteiger partial charge in [-0.3, -0.25) is 0 Å². The van der Waals surface area contributed by atoms with E-state index in [0.717, 1.165) is 42.6 Å². The number of nitrogen functional groups attached to an aromatic ring is 1. The monoisotopic (exact) mass is 229 g/mol. The third-order valence-electron chi connectivity index (χ3n) is 3.73. The summed E-state index contributed by atoms with van der Waals surface area (Å²) in [5, 5.41) is 9.44. The molecule has 1 aliphatic carbocycles. The van der Waals surface area contributed by atoms with Crippen LogP contribution in [0.5, 0.6) is 0 Å². The van der Waals surface area contributed by atoms with E-state index in [2.05, 4.69) is 12.1 Å². The van der Waals surface area contributed by atoms with E-state index >= 15 is 0 Å². The molecule has 0 radical (unpaired) electrons. The van der Waals surface area contributed by atoms with Crippen molar-refractivity contribution in [3.05, 3.63) is 23.8 Å². The van der Waals surface area contributed by atoms with Crippen molar-refractivity contribution in [2.45, 2.75) is 31.1 Å². The predicted molar refractivity (Wildman–Crippen MR) is 70.9 cm³/mol. The fourth-order valence-corrected chi connectivity index (χ4v) is 2.70. The molecule has 0 atom stereocenters. The van der Waals surface area contributed by atoms with E-state index in [9.17, 15) is 5.26 Å². The van der Waals surface area contributed by atoms with Gasteiger partial charge in [-0.25, -0.2) is 0 Å². The Hall–Kier alpha value is -1.69. The van der Waals surface area contributed by atoms with Crippen LogP contribution in [0.4, 0.5) is 11.4 Å². The highest BCUT2D eigenvalue weighted by Gasteiger charge is 2.36. The fourth-order valence-electron chi connectivity index (χ4n) is 2.70. The molecule has 0 amide bonds. The first-order valence-electron chi connectivity index (χ1n) is 6.08. The predicted octanol–water partition coefficient (Wildman–Crippen LogP) is 2.67. The summed E-state index contributed by atoms with van der Waals surface area (Å²) in [6.45, 7) is 0. The largest absolute Gasteiger partial charge is 0.397 e. The Morgan fingerprint density at radius 1 is 1.29 bits per heavy atom. The van der Waals surface area contributed by atoms with Crippen molar-refractivity contribution in [3.63, 3.8) is 0 Å². The number of hydrogen-bond acceptors (Lipinski definition) is 3. The summed E-state index contributed by atoms with van der Waals surface area (Å²) in [5.41, 5.74) is 8.62. The molecule has 0 spiro atoms. The van der Waals surface area contributed by atoms with Crippen LogP contribution in [0, 0.1) is 11.3 Å². The lowest BCUT2D eigenvalue weighted by Crippen LogP contribution is -2.20. The van der Waals surface area contributed by atoms with E-state index in [0.29, 0.717) is 0 Å². The molecule has 2 N–H and O–H groups in total. The molecule has 3 nitrogen and oxygen atoms in total. The summed E-state index contributed by atoms with van der Waals surface area (Å²) in [5.74, 6) is 0. The number of nitrogens with zero attached hydrogens (tertiary/aromatic N) is 2. The molecule has 1 aromatic carbocycles. The summed E-state index contributed by atoms with van der Waals surface area (Å²) < 4.78 is 0. The molecule has 1 fully saturated rings. The number of anilines is 2. The van der Waals surface area contributed by atoms with Crippen molar-refractivity contribution < 1.29 is 0 Å². The highest BCUT2D eigenvalue weighted by atomic mass is 15.1. The topological polar surface area (TPSA) is 53.0 Å². The summed E-state index contributed by atoms with van der Waals surface area (Å²) in [7, 11) is 3.95. The van der Waals surface area contributed by atoms with E-state index in [1.54, 1.807) is 0 Å². The van der Waals surface area contributed by atoms with E-state index < -0.39 is 0 Å². The molecule has 0 aromatic heterocycles. The first kappa shape index (κ1) is 11.8. The van der Waals surface area contributed by atoms with Crippen molar-refractivity contribution in [3.8, 4) is 6.07 Å². The van der Waals surface area contributed by atoms with Gasteiger partial charge in [0, 0.05) is 14.1 Å². The van der Waals surface area contributed by atoms with Gasteiger partial charge in [-0.2, -0.15) is 5.26 Å². The van der Waals surface area contributed by atoms with Crippen LogP contribution in [0.3, 0.4) is 0 Å². The third kappa shape index (κ3) is 1.95. The maximum Gasteiger partial charge on any atom is 0.0823 e. The second-order valence-corrected chi connectivity index (χ2v) is 5.07. The van der Waals surface area contributed by atoms with Gasteiger partial charge in [-0.15, -0.1) is 0 Å². The van der Waals surface area contributed by atoms with Crippen LogP contribution in [0.25, 0.3) is 0 Å². The second kappa shape index (κ2) is 4.29.